The van der Waals surface area contributed by atoms with Gasteiger partial charge in [0.05, 0.1) is 13.0 Å². The Bertz CT molecular complexity index is 330. The van der Waals surface area contributed by atoms with Gasteiger partial charge in [0.2, 0.25) is 0 Å². The third-order valence-electron chi connectivity index (χ3n) is 2.59. The lowest BCUT2D eigenvalue weighted by Gasteiger charge is -2.15. The second-order valence-electron chi connectivity index (χ2n) is 3.80. The van der Waals surface area contributed by atoms with Crippen LogP contribution in [0, 0.1) is 5.92 Å². The average molecular weight is 213 g/mol. The SMILES string of the molecule is FC(F)=CC1CCN(Cn2ccnc2)C1. The summed E-state index contributed by atoms with van der Waals surface area (Å²) in [4.78, 5) is 6.08. The van der Waals surface area contributed by atoms with Crippen LogP contribution in [-0.2, 0) is 6.67 Å². The van der Waals surface area contributed by atoms with Gasteiger partial charge in [0.25, 0.3) is 6.08 Å². The van der Waals surface area contributed by atoms with Crippen LogP contribution in [0.4, 0.5) is 8.78 Å². The van der Waals surface area contributed by atoms with Crippen molar-refractivity contribution in [2.24, 2.45) is 5.92 Å². The van der Waals surface area contributed by atoms with Crippen molar-refractivity contribution in [3.63, 3.8) is 0 Å². The predicted molar refractivity (Wildman–Crippen MR) is 52.2 cm³/mol. The van der Waals surface area contributed by atoms with E-state index in [9.17, 15) is 8.78 Å². The molecule has 0 bridgehead atoms. The van der Waals surface area contributed by atoms with Crippen LogP contribution in [0.2, 0.25) is 0 Å². The van der Waals surface area contributed by atoms with E-state index in [1.807, 2.05) is 10.8 Å². The predicted octanol–water partition coefficient (Wildman–Crippen LogP) is 1.94. The molecule has 1 saturated heterocycles. The highest BCUT2D eigenvalue weighted by molar-refractivity contribution is 4.93. The maximum Gasteiger partial charge on any atom is 0.266 e. The zero-order valence-electron chi connectivity index (χ0n) is 8.31. The van der Waals surface area contributed by atoms with Gasteiger partial charge in [-0.15, -0.1) is 0 Å². The van der Waals surface area contributed by atoms with E-state index in [1.165, 1.54) is 0 Å². The Labute approximate surface area is 87.0 Å². The average Bonchev–Trinajstić information content (AvgIpc) is 2.77. The molecule has 0 N–H and O–H groups in total. The highest BCUT2D eigenvalue weighted by atomic mass is 19.3. The first-order valence-corrected chi connectivity index (χ1v) is 4.95. The van der Waals surface area contributed by atoms with Crippen molar-refractivity contribution in [2.75, 3.05) is 13.1 Å². The molecule has 3 nitrogen and oxygen atoms in total. The van der Waals surface area contributed by atoms with Crippen molar-refractivity contribution in [3.8, 4) is 0 Å². The van der Waals surface area contributed by atoms with E-state index in [0.717, 1.165) is 25.7 Å². The standard InChI is InChI=1S/C10H13F2N3/c11-10(12)5-9-1-3-14(6-9)8-15-4-2-13-7-15/h2,4-5,7,9H,1,3,6,8H2. The van der Waals surface area contributed by atoms with Crippen LogP contribution in [0.3, 0.4) is 0 Å². The summed E-state index contributed by atoms with van der Waals surface area (Å²) in [5.74, 6) is -0.00137. The van der Waals surface area contributed by atoms with Crippen molar-refractivity contribution >= 4 is 0 Å². The lowest BCUT2D eigenvalue weighted by molar-refractivity contribution is 0.264. The largest absolute Gasteiger partial charge is 0.324 e. The minimum Gasteiger partial charge on any atom is -0.324 e. The molecular formula is C10H13F2N3. The van der Waals surface area contributed by atoms with Crippen LogP contribution in [-0.4, -0.2) is 27.5 Å². The zero-order chi connectivity index (χ0) is 10.7. The molecule has 0 aliphatic carbocycles. The van der Waals surface area contributed by atoms with Gasteiger partial charge in [-0.25, -0.2) is 4.98 Å². The zero-order valence-corrected chi connectivity index (χ0v) is 8.31. The number of halogens is 2. The number of hydrogen-bond donors (Lipinski definition) is 0. The summed E-state index contributed by atoms with van der Waals surface area (Å²) in [7, 11) is 0. The van der Waals surface area contributed by atoms with E-state index in [0.29, 0.717) is 6.54 Å². The fourth-order valence-corrected chi connectivity index (χ4v) is 1.91. The lowest BCUT2D eigenvalue weighted by atomic mass is 10.1. The Morgan fingerprint density at radius 2 is 2.40 bits per heavy atom. The highest BCUT2D eigenvalue weighted by Crippen LogP contribution is 2.20. The summed E-state index contributed by atoms with van der Waals surface area (Å²) in [5.41, 5.74) is 0. The summed E-state index contributed by atoms with van der Waals surface area (Å²) in [6.45, 7) is 2.31. The fraction of sp³-hybridized carbons (Fsp3) is 0.500. The van der Waals surface area contributed by atoms with Crippen molar-refractivity contribution in [1.29, 1.82) is 0 Å². The number of imidazole rings is 1. The highest BCUT2D eigenvalue weighted by Gasteiger charge is 2.21. The van der Waals surface area contributed by atoms with Crippen LogP contribution >= 0.6 is 0 Å². The molecule has 15 heavy (non-hydrogen) atoms. The molecule has 1 unspecified atom stereocenters. The van der Waals surface area contributed by atoms with Crippen LogP contribution in [0.1, 0.15) is 6.42 Å². The minimum atomic E-state index is -1.57. The van der Waals surface area contributed by atoms with E-state index in [2.05, 4.69) is 9.88 Å². The van der Waals surface area contributed by atoms with Crippen LogP contribution < -0.4 is 0 Å². The normalized spacial score (nSPS) is 21.9. The molecule has 5 heteroatoms. The molecule has 1 aliphatic heterocycles. The molecule has 2 rings (SSSR count). The summed E-state index contributed by atoms with van der Waals surface area (Å²) in [5, 5.41) is 0. The summed E-state index contributed by atoms with van der Waals surface area (Å²) < 4.78 is 26.0. The van der Waals surface area contributed by atoms with E-state index in [4.69, 9.17) is 0 Å². The third kappa shape index (κ3) is 2.86. The van der Waals surface area contributed by atoms with Gasteiger partial charge in [0.15, 0.2) is 0 Å². The van der Waals surface area contributed by atoms with Gasteiger partial charge in [0, 0.05) is 25.5 Å². The third-order valence-corrected chi connectivity index (χ3v) is 2.59. The number of aromatic nitrogens is 2. The monoisotopic (exact) mass is 213 g/mol. The second-order valence-corrected chi connectivity index (χ2v) is 3.80. The number of nitrogens with zero attached hydrogens (tertiary/aromatic N) is 3. The molecule has 0 spiro atoms. The van der Waals surface area contributed by atoms with E-state index in [-0.39, 0.29) is 5.92 Å². The lowest BCUT2D eigenvalue weighted by Crippen LogP contribution is -2.23. The van der Waals surface area contributed by atoms with Gasteiger partial charge in [0.1, 0.15) is 0 Å². The fourth-order valence-electron chi connectivity index (χ4n) is 1.91. The number of rotatable bonds is 3. The molecular weight excluding hydrogens is 200 g/mol. The molecule has 1 aromatic heterocycles. The summed E-state index contributed by atoms with van der Waals surface area (Å²) >= 11 is 0. The molecule has 0 radical (unpaired) electrons. The quantitative estimate of drug-likeness (QED) is 0.765. The molecule has 2 heterocycles. The van der Waals surface area contributed by atoms with Gasteiger partial charge in [-0.05, 0) is 18.4 Å². The smallest absolute Gasteiger partial charge is 0.266 e. The minimum absolute atomic E-state index is 0.00137. The van der Waals surface area contributed by atoms with Crippen LogP contribution in [0.15, 0.2) is 30.9 Å². The Hall–Kier alpha value is -1.23. The molecule has 0 aromatic carbocycles. The van der Waals surface area contributed by atoms with Crippen molar-refractivity contribution in [2.45, 2.75) is 13.1 Å². The topological polar surface area (TPSA) is 21.1 Å². The van der Waals surface area contributed by atoms with E-state index < -0.39 is 6.08 Å². The van der Waals surface area contributed by atoms with Gasteiger partial charge < -0.3 is 4.57 Å². The van der Waals surface area contributed by atoms with Crippen molar-refractivity contribution < 1.29 is 8.78 Å². The Kier molecular flexibility index (Phi) is 3.11. The van der Waals surface area contributed by atoms with Gasteiger partial charge >= 0.3 is 0 Å². The second kappa shape index (κ2) is 4.53. The summed E-state index contributed by atoms with van der Waals surface area (Å²) in [6, 6.07) is 0. The van der Waals surface area contributed by atoms with Crippen molar-refractivity contribution in [3.05, 3.63) is 30.9 Å². The van der Waals surface area contributed by atoms with E-state index in [1.54, 1.807) is 12.5 Å². The number of likely N-dealkylation sites (tertiary alicyclic amines) is 1. The van der Waals surface area contributed by atoms with E-state index >= 15 is 0 Å². The Morgan fingerprint density at radius 1 is 1.53 bits per heavy atom. The Morgan fingerprint density at radius 3 is 3.07 bits per heavy atom. The summed E-state index contributed by atoms with van der Waals surface area (Å²) in [6.07, 6.45) is 5.64. The van der Waals surface area contributed by atoms with Crippen molar-refractivity contribution in [1.82, 2.24) is 14.5 Å². The molecule has 1 aromatic rings. The molecule has 0 saturated carbocycles. The van der Waals surface area contributed by atoms with Gasteiger partial charge in [-0.3, -0.25) is 4.90 Å². The van der Waals surface area contributed by atoms with Gasteiger partial charge in [-0.2, -0.15) is 8.78 Å². The maximum absolute atomic E-state index is 12.0. The first kappa shape index (κ1) is 10.3. The number of hydrogen-bond acceptors (Lipinski definition) is 2. The molecule has 0 amide bonds. The maximum atomic E-state index is 12.0. The van der Waals surface area contributed by atoms with Crippen LogP contribution in [0.25, 0.3) is 0 Å². The van der Waals surface area contributed by atoms with Crippen LogP contribution in [0.5, 0.6) is 0 Å². The molecule has 82 valence electrons. The first-order valence-electron chi connectivity index (χ1n) is 4.95. The first-order chi connectivity index (χ1) is 7.24. The van der Waals surface area contributed by atoms with Gasteiger partial charge in [-0.1, -0.05) is 0 Å². The molecule has 1 fully saturated rings. The Balaban J connectivity index is 1.85. The molecule has 1 aliphatic rings. The molecule has 1 atom stereocenters.